The van der Waals surface area contributed by atoms with Gasteiger partial charge in [0.2, 0.25) is 0 Å². The molecule has 7 heteroatoms. The Kier molecular flexibility index (Phi) is 7.93. The van der Waals surface area contributed by atoms with Crippen LogP contribution >= 0.6 is 11.3 Å². The van der Waals surface area contributed by atoms with Crippen molar-refractivity contribution in [3.05, 3.63) is 76.4 Å². The van der Waals surface area contributed by atoms with E-state index in [0.29, 0.717) is 12.5 Å². The molecule has 0 saturated heterocycles. The second kappa shape index (κ2) is 10.8. The Bertz CT molecular complexity index is 888. The second-order valence-electron chi connectivity index (χ2n) is 7.20. The molecule has 0 saturated carbocycles. The fraction of sp³-hybridized carbons (Fsp3) is 0.348. The summed E-state index contributed by atoms with van der Waals surface area (Å²) in [5.41, 5.74) is 0.212. The second-order valence-corrected chi connectivity index (χ2v) is 8.14. The first kappa shape index (κ1) is 21.9. The van der Waals surface area contributed by atoms with Crippen LogP contribution in [-0.4, -0.2) is 37.8 Å². The van der Waals surface area contributed by atoms with E-state index in [4.69, 9.17) is 9.15 Å². The maximum atomic E-state index is 10.8. The zero-order chi connectivity index (χ0) is 21.2. The summed E-state index contributed by atoms with van der Waals surface area (Å²) in [6.45, 7) is 3.47. The number of guanidine groups is 1. The van der Waals surface area contributed by atoms with Gasteiger partial charge in [-0.1, -0.05) is 18.2 Å². The number of rotatable bonds is 10. The van der Waals surface area contributed by atoms with E-state index in [9.17, 15) is 5.11 Å². The van der Waals surface area contributed by atoms with Gasteiger partial charge in [-0.25, -0.2) is 4.99 Å². The molecule has 0 amide bonds. The van der Waals surface area contributed by atoms with Gasteiger partial charge in [0, 0.05) is 24.4 Å². The monoisotopic (exact) mass is 427 g/mol. The minimum atomic E-state index is -1.00. The third kappa shape index (κ3) is 6.64. The number of hydrogen-bond donors (Lipinski definition) is 3. The highest BCUT2D eigenvalue weighted by Crippen LogP contribution is 2.25. The molecule has 2 aromatic heterocycles. The van der Waals surface area contributed by atoms with Crippen molar-refractivity contribution in [1.29, 1.82) is 0 Å². The summed E-state index contributed by atoms with van der Waals surface area (Å²) >= 11 is 1.53. The van der Waals surface area contributed by atoms with Crippen molar-refractivity contribution in [2.75, 3.05) is 26.7 Å². The number of furan rings is 1. The van der Waals surface area contributed by atoms with E-state index in [-0.39, 0.29) is 6.54 Å². The summed E-state index contributed by atoms with van der Waals surface area (Å²) in [6, 6.07) is 15.8. The summed E-state index contributed by atoms with van der Waals surface area (Å²) < 4.78 is 10.6. The van der Waals surface area contributed by atoms with Crippen LogP contribution in [-0.2, 0) is 18.4 Å². The Labute approximate surface area is 181 Å². The summed E-state index contributed by atoms with van der Waals surface area (Å²) in [6.07, 6.45) is 3.29. The molecule has 3 aromatic rings. The van der Waals surface area contributed by atoms with Gasteiger partial charge in [0.1, 0.15) is 17.1 Å². The molecule has 3 rings (SSSR count). The van der Waals surface area contributed by atoms with Gasteiger partial charge < -0.3 is 24.9 Å². The van der Waals surface area contributed by atoms with Gasteiger partial charge in [-0.2, -0.15) is 0 Å². The number of aliphatic imine (C=N–C) groups is 1. The number of nitrogens with one attached hydrogen (secondary N) is 2. The maximum absolute atomic E-state index is 10.8. The molecular weight excluding hydrogens is 398 g/mol. The highest BCUT2D eigenvalue weighted by Gasteiger charge is 2.24. The average Bonchev–Trinajstić information content (AvgIpc) is 3.47. The molecule has 0 aliphatic rings. The van der Waals surface area contributed by atoms with Crippen LogP contribution in [0.4, 0.5) is 0 Å². The zero-order valence-electron chi connectivity index (χ0n) is 17.4. The molecule has 30 heavy (non-hydrogen) atoms. The van der Waals surface area contributed by atoms with Crippen molar-refractivity contribution in [1.82, 2.24) is 10.6 Å². The van der Waals surface area contributed by atoms with Gasteiger partial charge in [-0.15, -0.1) is 11.3 Å². The van der Waals surface area contributed by atoms with Gasteiger partial charge in [0.25, 0.3) is 0 Å². The minimum Gasteiger partial charge on any atom is -0.497 e. The normalized spacial score (nSPS) is 13.6. The Hall–Kier alpha value is -2.77. The molecular formula is C23H29N3O3S. The van der Waals surface area contributed by atoms with Crippen molar-refractivity contribution < 1.29 is 14.3 Å². The van der Waals surface area contributed by atoms with Crippen LogP contribution in [0, 0.1) is 0 Å². The Morgan fingerprint density at radius 2 is 1.87 bits per heavy atom. The molecule has 0 bridgehead atoms. The lowest BCUT2D eigenvalue weighted by Crippen LogP contribution is -2.40. The summed E-state index contributed by atoms with van der Waals surface area (Å²) in [5.74, 6) is 2.45. The van der Waals surface area contributed by atoms with Crippen molar-refractivity contribution in [2.24, 2.45) is 4.99 Å². The molecule has 160 valence electrons. The largest absolute Gasteiger partial charge is 0.497 e. The van der Waals surface area contributed by atoms with E-state index in [1.807, 2.05) is 41.8 Å². The smallest absolute Gasteiger partial charge is 0.191 e. The molecule has 1 aromatic carbocycles. The first-order valence-electron chi connectivity index (χ1n) is 10.0. The Balaban J connectivity index is 1.57. The van der Waals surface area contributed by atoms with Gasteiger partial charge >= 0.3 is 0 Å². The van der Waals surface area contributed by atoms with Gasteiger partial charge in [0.05, 0.1) is 19.9 Å². The lowest BCUT2D eigenvalue weighted by molar-refractivity contribution is 0.0711. The van der Waals surface area contributed by atoms with Crippen LogP contribution in [0.3, 0.4) is 0 Å². The maximum Gasteiger partial charge on any atom is 0.191 e. The number of methoxy groups -OCH3 is 1. The Morgan fingerprint density at radius 1 is 1.10 bits per heavy atom. The highest BCUT2D eigenvalue weighted by molar-refractivity contribution is 7.10. The van der Waals surface area contributed by atoms with Crippen LogP contribution in [0.25, 0.3) is 0 Å². The number of ether oxygens (including phenoxy) is 1. The number of hydrogen-bond acceptors (Lipinski definition) is 5. The van der Waals surface area contributed by atoms with Crippen LogP contribution in [0.1, 0.15) is 23.1 Å². The van der Waals surface area contributed by atoms with Crippen LogP contribution in [0.5, 0.6) is 5.75 Å². The Morgan fingerprint density at radius 3 is 2.50 bits per heavy atom. The SMILES string of the molecule is COc1ccc(CCNC(=NCC(C)(O)c2cccs2)NCCc2ccco2)cc1. The van der Waals surface area contributed by atoms with Crippen LogP contribution in [0.15, 0.2) is 69.6 Å². The first-order chi connectivity index (χ1) is 14.6. The quantitative estimate of drug-likeness (QED) is 0.340. The third-order valence-corrected chi connectivity index (χ3v) is 5.83. The van der Waals surface area contributed by atoms with E-state index in [1.165, 1.54) is 16.9 Å². The molecule has 3 N–H and O–H groups in total. The van der Waals surface area contributed by atoms with Crippen LogP contribution in [0.2, 0.25) is 0 Å². The van der Waals surface area contributed by atoms with E-state index >= 15 is 0 Å². The fourth-order valence-electron chi connectivity index (χ4n) is 2.95. The average molecular weight is 428 g/mol. The van der Waals surface area contributed by atoms with Crippen LogP contribution < -0.4 is 15.4 Å². The molecule has 6 nitrogen and oxygen atoms in total. The number of thiophene rings is 1. The summed E-state index contributed by atoms with van der Waals surface area (Å²) in [5, 5.41) is 19.4. The summed E-state index contributed by atoms with van der Waals surface area (Å²) in [7, 11) is 1.67. The van der Waals surface area contributed by atoms with E-state index in [0.717, 1.165) is 35.8 Å². The first-order valence-corrected chi connectivity index (χ1v) is 10.9. The summed E-state index contributed by atoms with van der Waals surface area (Å²) in [4.78, 5) is 5.53. The van der Waals surface area contributed by atoms with Gasteiger partial charge in [-0.3, -0.25) is 0 Å². The van der Waals surface area contributed by atoms with E-state index in [2.05, 4.69) is 27.8 Å². The van der Waals surface area contributed by atoms with E-state index < -0.39 is 5.60 Å². The fourth-order valence-corrected chi connectivity index (χ4v) is 3.73. The molecule has 1 unspecified atom stereocenters. The molecule has 1 atom stereocenters. The lowest BCUT2D eigenvalue weighted by atomic mass is 10.1. The molecule has 0 fully saturated rings. The highest BCUT2D eigenvalue weighted by atomic mass is 32.1. The van der Waals surface area contributed by atoms with Crippen molar-refractivity contribution in [3.8, 4) is 5.75 Å². The lowest BCUT2D eigenvalue weighted by Gasteiger charge is -2.21. The van der Waals surface area contributed by atoms with Gasteiger partial charge in [-0.05, 0) is 54.6 Å². The molecule has 0 radical (unpaired) electrons. The molecule has 0 aliphatic carbocycles. The standard InChI is InChI=1S/C23H29N3O3S/c1-23(27,21-6-4-16-30-21)17-26-22(25-14-12-20-5-3-15-29-20)24-13-11-18-7-9-19(28-2)10-8-18/h3-10,15-16,27H,11-14,17H2,1-2H3,(H2,24,25,26). The van der Waals surface area contributed by atoms with Crippen molar-refractivity contribution in [2.45, 2.75) is 25.4 Å². The van der Waals surface area contributed by atoms with E-state index in [1.54, 1.807) is 20.3 Å². The predicted molar refractivity (Wildman–Crippen MR) is 121 cm³/mol. The molecule has 0 aliphatic heterocycles. The van der Waals surface area contributed by atoms with Gasteiger partial charge in [0.15, 0.2) is 5.96 Å². The predicted octanol–water partition coefficient (Wildman–Crippen LogP) is 3.58. The number of aliphatic hydroxyl groups is 1. The topological polar surface area (TPSA) is 79.0 Å². The van der Waals surface area contributed by atoms with Crippen molar-refractivity contribution in [3.63, 3.8) is 0 Å². The number of benzene rings is 1. The zero-order valence-corrected chi connectivity index (χ0v) is 18.2. The molecule has 2 heterocycles. The molecule has 0 spiro atoms. The number of nitrogens with zero attached hydrogens (tertiary/aromatic N) is 1. The van der Waals surface area contributed by atoms with Crippen molar-refractivity contribution >= 4 is 17.3 Å². The third-order valence-electron chi connectivity index (χ3n) is 4.71. The minimum absolute atomic E-state index is 0.270.